The average Bonchev–Trinajstić information content (AvgIpc) is 3.01. The Hall–Kier alpha value is -3.50. The standard InChI is InChI=1S/C34H50N4O6/c1-7-8-9-17-44-32-21-28(12-13-30(32)41-5)37-15-14-25(2)38(34(37)40)22-27-11-10-26(19-31(27)42-6)20-33(39)36-16-18-43-29(24-36)23-35(3)4/h10-13,19,21,25,29H,7-9,14-18,20,22-24H2,1-6H3/t25-,29?/m0/s1. The van der Waals surface area contributed by atoms with Crippen molar-refractivity contribution in [1.29, 1.82) is 0 Å². The zero-order chi connectivity index (χ0) is 31.6. The molecule has 4 rings (SSSR count). The first kappa shape index (κ1) is 33.4. The number of ether oxygens (including phenoxy) is 4. The van der Waals surface area contributed by atoms with E-state index in [1.165, 1.54) is 0 Å². The molecule has 0 bridgehead atoms. The Labute approximate surface area is 262 Å². The number of rotatable bonds is 14. The second kappa shape index (κ2) is 16.0. The van der Waals surface area contributed by atoms with Gasteiger partial charge in [0.1, 0.15) is 5.75 Å². The second-order valence-electron chi connectivity index (χ2n) is 12.0. The van der Waals surface area contributed by atoms with Crippen LogP contribution in [0.4, 0.5) is 10.5 Å². The van der Waals surface area contributed by atoms with Crippen molar-refractivity contribution in [2.45, 2.75) is 64.6 Å². The Morgan fingerprint density at radius 3 is 2.55 bits per heavy atom. The molecular weight excluding hydrogens is 560 g/mol. The topological polar surface area (TPSA) is 84.0 Å². The van der Waals surface area contributed by atoms with Crippen molar-refractivity contribution in [3.63, 3.8) is 0 Å². The van der Waals surface area contributed by atoms with Crippen molar-refractivity contribution in [1.82, 2.24) is 14.7 Å². The number of anilines is 1. The van der Waals surface area contributed by atoms with E-state index in [9.17, 15) is 9.59 Å². The van der Waals surface area contributed by atoms with Gasteiger partial charge in [-0.1, -0.05) is 31.9 Å². The fourth-order valence-corrected chi connectivity index (χ4v) is 5.82. The average molecular weight is 611 g/mol. The molecule has 242 valence electrons. The number of hydrogen-bond donors (Lipinski definition) is 0. The number of unbranched alkanes of at least 4 members (excludes halogenated alkanes) is 2. The quantitative estimate of drug-likeness (QED) is 0.284. The summed E-state index contributed by atoms with van der Waals surface area (Å²) in [5, 5.41) is 0. The van der Waals surface area contributed by atoms with E-state index < -0.39 is 0 Å². The summed E-state index contributed by atoms with van der Waals surface area (Å²) in [6, 6.07) is 11.5. The van der Waals surface area contributed by atoms with Gasteiger partial charge in [0.25, 0.3) is 0 Å². The molecule has 3 amide bonds. The molecule has 0 aromatic heterocycles. The molecule has 2 aromatic rings. The lowest BCUT2D eigenvalue weighted by atomic mass is 10.0. The van der Waals surface area contributed by atoms with Crippen LogP contribution >= 0.6 is 0 Å². The molecule has 0 spiro atoms. The van der Waals surface area contributed by atoms with Gasteiger partial charge < -0.3 is 33.6 Å². The Kier molecular flexibility index (Phi) is 12.1. The van der Waals surface area contributed by atoms with Crippen molar-refractivity contribution in [2.24, 2.45) is 0 Å². The number of amides is 3. The van der Waals surface area contributed by atoms with Crippen LogP contribution in [0.5, 0.6) is 17.2 Å². The van der Waals surface area contributed by atoms with Gasteiger partial charge in [-0.2, -0.15) is 0 Å². The predicted molar refractivity (Wildman–Crippen MR) is 172 cm³/mol. The van der Waals surface area contributed by atoms with E-state index in [1.807, 2.05) is 65.2 Å². The van der Waals surface area contributed by atoms with Crippen LogP contribution in [-0.2, 0) is 22.5 Å². The number of carbonyl (C=O) groups excluding carboxylic acids is 2. The van der Waals surface area contributed by atoms with Crippen molar-refractivity contribution in [2.75, 3.05) is 72.6 Å². The first-order valence-electron chi connectivity index (χ1n) is 15.8. The minimum atomic E-state index is -0.0632. The second-order valence-corrected chi connectivity index (χ2v) is 12.0. The molecule has 2 saturated heterocycles. The van der Waals surface area contributed by atoms with Crippen LogP contribution in [-0.4, -0.2) is 106 Å². The molecule has 0 radical (unpaired) electrons. The molecule has 2 aliphatic heterocycles. The highest BCUT2D eigenvalue weighted by Crippen LogP contribution is 2.35. The summed E-state index contributed by atoms with van der Waals surface area (Å²) in [6.07, 6.45) is 4.33. The molecule has 10 heteroatoms. The highest BCUT2D eigenvalue weighted by atomic mass is 16.5. The lowest BCUT2D eigenvalue weighted by Crippen LogP contribution is -2.53. The molecule has 44 heavy (non-hydrogen) atoms. The minimum absolute atomic E-state index is 0.0195. The van der Waals surface area contributed by atoms with Gasteiger partial charge in [0.2, 0.25) is 5.91 Å². The van der Waals surface area contributed by atoms with Gasteiger partial charge in [-0.05, 0) is 57.6 Å². The van der Waals surface area contributed by atoms with Gasteiger partial charge in [0.15, 0.2) is 11.5 Å². The Bertz CT molecular complexity index is 1250. The van der Waals surface area contributed by atoms with Crippen LogP contribution in [0.25, 0.3) is 0 Å². The van der Waals surface area contributed by atoms with Crippen molar-refractivity contribution in [3.8, 4) is 17.2 Å². The molecule has 2 heterocycles. The van der Waals surface area contributed by atoms with Gasteiger partial charge in [-0.25, -0.2) is 4.79 Å². The first-order valence-corrected chi connectivity index (χ1v) is 15.8. The van der Waals surface area contributed by atoms with Crippen LogP contribution in [0, 0.1) is 0 Å². The highest BCUT2D eigenvalue weighted by molar-refractivity contribution is 5.93. The van der Waals surface area contributed by atoms with Crippen molar-refractivity contribution in [3.05, 3.63) is 47.5 Å². The van der Waals surface area contributed by atoms with Crippen LogP contribution in [0.1, 0.15) is 50.7 Å². The maximum Gasteiger partial charge on any atom is 0.325 e. The van der Waals surface area contributed by atoms with E-state index >= 15 is 0 Å². The first-order chi connectivity index (χ1) is 21.2. The number of benzene rings is 2. The van der Waals surface area contributed by atoms with E-state index in [-0.39, 0.29) is 24.1 Å². The van der Waals surface area contributed by atoms with Crippen LogP contribution < -0.4 is 19.1 Å². The Morgan fingerprint density at radius 2 is 1.82 bits per heavy atom. The summed E-state index contributed by atoms with van der Waals surface area (Å²) < 4.78 is 23.2. The summed E-state index contributed by atoms with van der Waals surface area (Å²) in [4.78, 5) is 34.7. The van der Waals surface area contributed by atoms with Crippen LogP contribution in [0.3, 0.4) is 0 Å². The molecule has 2 atom stereocenters. The number of hydrogen-bond acceptors (Lipinski definition) is 7. The number of methoxy groups -OCH3 is 2. The fraction of sp³-hybridized carbons (Fsp3) is 0.588. The molecule has 10 nitrogen and oxygen atoms in total. The number of carbonyl (C=O) groups is 2. The molecule has 0 saturated carbocycles. The van der Waals surface area contributed by atoms with E-state index in [0.717, 1.165) is 49.0 Å². The maximum absolute atomic E-state index is 13.9. The number of urea groups is 1. The number of nitrogens with zero attached hydrogens (tertiary/aromatic N) is 4. The van der Waals surface area contributed by atoms with Gasteiger partial charge in [-0.3, -0.25) is 9.69 Å². The molecule has 2 fully saturated rings. The van der Waals surface area contributed by atoms with Gasteiger partial charge in [-0.15, -0.1) is 0 Å². The van der Waals surface area contributed by atoms with Crippen LogP contribution in [0.2, 0.25) is 0 Å². The fourth-order valence-electron chi connectivity index (χ4n) is 5.82. The largest absolute Gasteiger partial charge is 0.496 e. The lowest BCUT2D eigenvalue weighted by Gasteiger charge is -2.40. The predicted octanol–water partition coefficient (Wildman–Crippen LogP) is 4.83. The monoisotopic (exact) mass is 610 g/mol. The van der Waals surface area contributed by atoms with Gasteiger partial charge in [0, 0.05) is 49.5 Å². The third-order valence-corrected chi connectivity index (χ3v) is 8.35. The number of morpholine rings is 1. The third-order valence-electron chi connectivity index (χ3n) is 8.35. The summed E-state index contributed by atoms with van der Waals surface area (Å²) in [6.45, 7) is 8.40. The zero-order valence-corrected chi connectivity index (χ0v) is 27.3. The smallest absolute Gasteiger partial charge is 0.325 e. The maximum atomic E-state index is 13.9. The molecular formula is C34H50N4O6. The van der Waals surface area contributed by atoms with Crippen LogP contribution in [0.15, 0.2) is 36.4 Å². The Morgan fingerprint density at radius 1 is 1.02 bits per heavy atom. The van der Waals surface area contributed by atoms with E-state index in [1.54, 1.807) is 14.2 Å². The molecule has 2 aromatic carbocycles. The Balaban J connectivity index is 1.44. The molecule has 0 aliphatic carbocycles. The summed E-state index contributed by atoms with van der Waals surface area (Å²) in [7, 11) is 7.27. The normalized spacial score (nSPS) is 19.0. The number of likely N-dealkylation sites (N-methyl/N-ethyl adjacent to an activating group) is 1. The highest BCUT2D eigenvalue weighted by Gasteiger charge is 2.33. The van der Waals surface area contributed by atoms with E-state index in [2.05, 4.69) is 18.7 Å². The van der Waals surface area contributed by atoms with Gasteiger partial charge >= 0.3 is 6.03 Å². The minimum Gasteiger partial charge on any atom is -0.496 e. The zero-order valence-electron chi connectivity index (χ0n) is 27.3. The summed E-state index contributed by atoms with van der Waals surface area (Å²) >= 11 is 0. The summed E-state index contributed by atoms with van der Waals surface area (Å²) in [5.74, 6) is 2.06. The molecule has 2 aliphatic rings. The van der Waals surface area contributed by atoms with E-state index in [4.69, 9.17) is 18.9 Å². The molecule has 0 N–H and O–H groups in total. The third kappa shape index (κ3) is 8.57. The van der Waals surface area contributed by atoms with Gasteiger partial charge in [0.05, 0.1) is 46.5 Å². The van der Waals surface area contributed by atoms with Crippen molar-refractivity contribution >= 4 is 17.6 Å². The SMILES string of the molecule is CCCCCOc1cc(N2CC[C@H](C)N(Cc3ccc(CC(=O)N4CCOC(CN(C)C)C4)cc3OC)C2=O)ccc1OC. The molecule has 1 unspecified atom stereocenters. The lowest BCUT2D eigenvalue weighted by molar-refractivity contribution is -0.138. The summed E-state index contributed by atoms with van der Waals surface area (Å²) in [5.41, 5.74) is 2.57. The van der Waals surface area contributed by atoms with E-state index in [0.29, 0.717) is 63.1 Å². The van der Waals surface area contributed by atoms with Crippen molar-refractivity contribution < 1.29 is 28.5 Å².